The second-order valence-electron chi connectivity index (χ2n) is 6.33. The molecule has 0 aliphatic carbocycles. The van der Waals surface area contributed by atoms with Crippen LogP contribution in [-0.4, -0.2) is 30.1 Å². The van der Waals surface area contributed by atoms with Crippen molar-refractivity contribution in [1.82, 2.24) is 0 Å². The van der Waals surface area contributed by atoms with Crippen LogP contribution in [-0.2, 0) is 0 Å². The molecule has 0 aromatic carbocycles. The van der Waals surface area contributed by atoms with Crippen LogP contribution in [0.2, 0.25) is 47.4 Å². The molecule has 0 saturated carbocycles. The van der Waals surface area contributed by atoms with Gasteiger partial charge in [0.1, 0.15) is 0 Å². The fourth-order valence-corrected chi connectivity index (χ4v) is 103. The van der Waals surface area contributed by atoms with E-state index >= 15 is 0 Å². The summed E-state index contributed by atoms with van der Waals surface area (Å²) in [5.41, 5.74) is 0. The summed E-state index contributed by atoms with van der Waals surface area (Å²) in [6.45, 7) is 14.9. The summed E-state index contributed by atoms with van der Waals surface area (Å²) in [4.78, 5) is 0. The van der Waals surface area contributed by atoms with E-state index in [4.69, 9.17) is 0 Å². The predicted octanol–water partition coefficient (Wildman–Crippen LogP) is 4.97. The van der Waals surface area contributed by atoms with Gasteiger partial charge in [-0.3, -0.25) is 0 Å². The maximum atomic E-state index is 4.05. The number of halogens is 2. The molecule has 0 aromatic rings. The first-order valence-electron chi connectivity index (χ1n) is 4.79. The number of hydrogen-bond donors (Lipinski definition) is 0. The molecule has 0 rings (SSSR count). The average Bonchev–Trinajstić information content (AvgIpc) is 1.43. The van der Waals surface area contributed by atoms with Crippen LogP contribution in [0.5, 0.6) is 0 Å². The van der Waals surface area contributed by atoms with Crippen molar-refractivity contribution in [3.63, 3.8) is 0 Å². The Morgan fingerprint density at radius 3 is 1.15 bits per heavy atom. The van der Waals surface area contributed by atoms with Gasteiger partial charge < -0.3 is 0 Å². The zero-order valence-corrected chi connectivity index (χ0v) is 17.7. The molecule has 0 bridgehead atoms. The van der Waals surface area contributed by atoms with Crippen LogP contribution in [0, 0.1) is 0 Å². The molecule has 13 heavy (non-hydrogen) atoms. The van der Waals surface area contributed by atoms with Crippen molar-refractivity contribution < 1.29 is 0 Å². The molecule has 0 radical (unpaired) electrons. The van der Waals surface area contributed by atoms with E-state index in [1.54, 1.807) is 0 Å². The van der Waals surface area contributed by atoms with Crippen molar-refractivity contribution in [1.29, 1.82) is 0 Å². The second-order valence-corrected chi connectivity index (χ2v) is 55.7. The SMILES string of the molecule is C[Si](C)(C)[CH2][Sn]([Br])([Br])[CH2][Si](C)(C)C. The van der Waals surface area contributed by atoms with Crippen molar-refractivity contribution in [2.45, 2.75) is 47.4 Å². The third-order valence-electron chi connectivity index (χ3n) is 1.58. The van der Waals surface area contributed by atoms with Gasteiger partial charge in [0.2, 0.25) is 0 Å². The molecule has 0 saturated heterocycles. The Morgan fingerprint density at radius 1 is 0.769 bits per heavy atom. The standard InChI is InChI=1S/2C4H11Si.2BrH.Sn/c2*1-5(2,3)4;;;/h2*1H2,2-4H3;2*1H;/q;;;;+2/p-2. The summed E-state index contributed by atoms with van der Waals surface area (Å²) < 4.78 is 3.04. The fourth-order valence-electron chi connectivity index (χ4n) is 1.61. The van der Waals surface area contributed by atoms with Crippen molar-refractivity contribution in [2.24, 2.45) is 0 Å². The Balaban J connectivity index is 4.25. The summed E-state index contributed by atoms with van der Waals surface area (Å²) in [5, 5.41) is 0. The molecule has 0 N–H and O–H groups in total. The quantitative estimate of drug-likeness (QED) is 0.528. The van der Waals surface area contributed by atoms with Crippen molar-refractivity contribution >= 4 is 55.5 Å². The van der Waals surface area contributed by atoms with E-state index in [0.717, 1.165) is 0 Å². The minimum atomic E-state index is -1.96. The Labute approximate surface area is 102 Å². The van der Waals surface area contributed by atoms with Gasteiger partial charge in [0.15, 0.2) is 0 Å². The Kier molecular flexibility index (Phi) is 5.86. The molecule has 80 valence electrons. The molecular weight excluding hydrogens is 431 g/mol. The second kappa shape index (κ2) is 5.02. The topological polar surface area (TPSA) is 0 Å². The molecular formula is C8H22Br2Si2Sn. The molecule has 0 atom stereocenters. The van der Waals surface area contributed by atoms with E-state index in [1.165, 1.54) is 8.12 Å². The number of hydrogen-bond acceptors (Lipinski definition) is 0. The first-order chi connectivity index (χ1) is 5.41. The molecule has 0 aromatic heterocycles. The molecule has 0 spiro atoms. The molecule has 0 amide bonds. The van der Waals surface area contributed by atoms with Gasteiger partial charge in [-0.2, -0.15) is 0 Å². The van der Waals surface area contributed by atoms with Gasteiger partial charge in [-0.15, -0.1) is 0 Å². The molecule has 5 heteroatoms. The van der Waals surface area contributed by atoms with E-state index in [9.17, 15) is 0 Å². The zero-order chi connectivity index (χ0) is 10.9. The molecule has 0 nitrogen and oxygen atoms in total. The Bertz CT molecular complexity index is 152. The first-order valence-corrected chi connectivity index (χ1v) is 29.0. The average molecular weight is 453 g/mol. The Hall–Kier alpha value is 2.19. The molecule has 0 heterocycles. The van der Waals surface area contributed by atoms with E-state index in [0.29, 0.717) is 0 Å². The van der Waals surface area contributed by atoms with Gasteiger partial charge in [-0.05, 0) is 0 Å². The summed E-state index contributed by atoms with van der Waals surface area (Å²) in [6, 6.07) is 0. The molecule has 0 unspecified atom stereocenters. The normalized spacial score (nSPS) is 14.8. The third kappa shape index (κ3) is 10.5. The van der Waals surface area contributed by atoms with Crippen LogP contribution in [0.4, 0.5) is 0 Å². The van der Waals surface area contributed by atoms with Crippen LogP contribution in [0.1, 0.15) is 0 Å². The molecule has 0 aliphatic rings. The summed E-state index contributed by atoms with van der Waals surface area (Å²) >= 11 is 6.13. The monoisotopic (exact) mass is 452 g/mol. The molecule has 0 fully saturated rings. The van der Waals surface area contributed by atoms with Crippen LogP contribution in [0.15, 0.2) is 0 Å². The predicted molar refractivity (Wildman–Crippen MR) is 79.9 cm³/mol. The molecule has 0 aliphatic heterocycles. The third-order valence-corrected chi connectivity index (χ3v) is 54.3. The van der Waals surface area contributed by atoms with E-state index in [1.807, 2.05) is 0 Å². The summed E-state index contributed by atoms with van der Waals surface area (Å²) in [7, 11) is -1.74. The van der Waals surface area contributed by atoms with E-state index in [-0.39, 0.29) is 0 Å². The van der Waals surface area contributed by atoms with Crippen LogP contribution in [0.3, 0.4) is 0 Å². The summed E-state index contributed by atoms with van der Waals surface area (Å²) in [5.74, 6) is 0. The van der Waals surface area contributed by atoms with Gasteiger partial charge in [0.05, 0.1) is 0 Å². The van der Waals surface area contributed by atoms with Gasteiger partial charge >= 0.3 is 103 Å². The van der Waals surface area contributed by atoms with Crippen molar-refractivity contribution in [2.75, 3.05) is 0 Å². The van der Waals surface area contributed by atoms with E-state index < -0.39 is 30.1 Å². The van der Waals surface area contributed by atoms with Gasteiger partial charge in [-0.25, -0.2) is 0 Å². The maximum absolute atomic E-state index is 4.05. The number of rotatable bonds is 4. The van der Waals surface area contributed by atoms with Crippen LogP contribution < -0.4 is 0 Å². The first kappa shape index (κ1) is 15.2. The van der Waals surface area contributed by atoms with Gasteiger partial charge in [0.25, 0.3) is 0 Å². The van der Waals surface area contributed by atoms with E-state index in [2.05, 4.69) is 64.7 Å². The van der Waals surface area contributed by atoms with Crippen molar-refractivity contribution in [3.05, 3.63) is 0 Å². The van der Waals surface area contributed by atoms with Gasteiger partial charge in [-0.1, -0.05) is 0 Å². The van der Waals surface area contributed by atoms with Crippen LogP contribution >= 0.6 is 25.4 Å². The minimum absolute atomic E-state index is 0.871. The van der Waals surface area contributed by atoms with Gasteiger partial charge in [0, 0.05) is 0 Å². The zero-order valence-electron chi connectivity index (χ0n) is 9.67. The summed E-state index contributed by atoms with van der Waals surface area (Å²) in [6.07, 6.45) is 0. The Morgan fingerprint density at radius 2 is 1.00 bits per heavy atom. The van der Waals surface area contributed by atoms with Crippen LogP contribution in [0.25, 0.3) is 0 Å². The fraction of sp³-hybridized carbons (Fsp3) is 1.00. The van der Waals surface area contributed by atoms with Crippen molar-refractivity contribution in [3.8, 4) is 0 Å².